The summed E-state index contributed by atoms with van der Waals surface area (Å²) in [4.78, 5) is 55.6. The number of amides is 4. The van der Waals surface area contributed by atoms with E-state index in [4.69, 9.17) is 6.42 Å². The molecular formula is C37H28N2O4. The summed E-state index contributed by atoms with van der Waals surface area (Å²) in [5.74, 6) is 1.10. The van der Waals surface area contributed by atoms with E-state index >= 15 is 0 Å². The number of terminal acetylenes is 1. The van der Waals surface area contributed by atoms with Crippen LogP contribution in [-0.2, 0) is 10.8 Å². The third-order valence-corrected chi connectivity index (χ3v) is 9.24. The first-order chi connectivity index (χ1) is 20.4. The molecule has 6 heteroatoms. The molecule has 0 saturated heterocycles. The molecule has 0 radical (unpaired) electrons. The number of carbonyl (C=O) groups is 4. The van der Waals surface area contributed by atoms with Gasteiger partial charge in [0.25, 0.3) is 23.6 Å². The van der Waals surface area contributed by atoms with Crippen LogP contribution in [-0.4, -0.2) is 23.6 Å². The number of nitrogens with zero attached hydrogens (tertiary/aromatic N) is 2. The van der Waals surface area contributed by atoms with Crippen LogP contribution >= 0.6 is 0 Å². The van der Waals surface area contributed by atoms with Crippen LogP contribution in [0.25, 0.3) is 0 Å². The van der Waals surface area contributed by atoms with Gasteiger partial charge in [0.1, 0.15) is 0 Å². The molecule has 1 aliphatic carbocycles. The summed E-state index contributed by atoms with van der Waals surface area (Å²) in [6.45, 7) is 8.45. The molecule has 6 nitrogen and oxygen atoms in total. The molecule has 3 aliphatic rings. The Bertz CT molecular complexity index is 2000. The quantitative estimate of drug-likeness (QED) is 0.209. The Morgan fingerprint density at radius 1 is 0.628 bits per heavy atom. The monoisotopic (exact) mass is 564 g/mol. The van der Waals surface area contributed by atoms with Crippen molar-refractivity contribution in [2.45, 2.75) is 44.9 Å². The fourth-order valence-electron chi connectivity index (χ4n) is 7.18. The smallest absolute Gasteiger partial charge is 0.266 e. The summed E-state index contributed by atoms with van der Waals surface area (Å²) in [6, 6.07) is 23.5. The van der Waals surface area contributed by atoms with Crippen LogP contribution in [0.4, 0.5) is 11.4 Å². The molecule has 0 spiro atoms. The van der Waals surface area contributed by atoms with E-state index < -0.39 is 11.3 Å². The highest BCUT2D eigenvalue weighted by molar-refractivity contribution is 6.35. The van der Waals surface area contributed by atoms with Crippen LogP contribution < -0.4 is 9.80 Å². The van der Waals surface area contributed by atoms with E-state index in [2.05, 4.69) is 26.7 Å². The fourth-order valence-corrected chi connectivity index (χ4v) is 7.18. The number of hydrogen-bond donors (Lipinski definition) is 0. The molecule has 0 bridgehead atoms. The molecular weight excluding hydrogens is 536 g/mol. The van der Waals surface area contributed by atoms with Crippen molar-refractivity contribution in [1.82, 2.24) is 0 Å². The fraction of sp³-hybridized carbons (Fsp3) is 0.189. The second-order valence-electron chi connectivity index (χ2n) is 12.5. The van der Waals surface area contributed by atoms with E-state index in [0.717, 1.165) is 28.7 Å². The highest BCUT2D eigenvalue weighted by Gasteiger charge is 2.47. The molecule has 43 heavy (non-hydrogen) atoms. The van der Waals surface area contributed by atoms with E-state index in [9.17, 15) is 19.2 Å². The van der Waals surface area contributed by atoms with Crippen LogP contribution in [0.3, 0.4) is 0 Å². The van der Waals surface area contributed by atoms with Gasteiger partial charge in [0.15, 0.2) is 0 Å². The highest BCUT2D eigenvalue weighted by Crippen LogP contribution is 2.54. The minimum absolute atomic E-state index is 0.169. The van der Waals surface area contributed by atoms with Gasteiger partial charge in [-0.3, -0.25) is 19.2 Å². The van der Waals surface area contributed by atoms with E-state index in [-0.39, 0.29) is 23.1 Å². The second kappa shape index (κ2) is 8.86. The molecule has 1 atom stereocenters. The third-order valence-electron chi connectivity index (χ3n) is 9.24. The van der Waals surface area contributed by atoms with Gasteiger partial charge >= 0.3 is 0 Å². The molecule has 2 aliphatic heterocycles. The Hall–Kier alpha value is -5.28. The number of rotatable bonds is 3. The summed E-state index contributed by atoms with van der Waals surface area (Å²) in [7, 11) is 0. The van der Waals surface area contributed by atoms with Gasteiger partial charge in [0.05, 0.1) is 33.6 Å². The number of benzene rings is 4. The second-order valence-corrected chi connectivity index (χ2v) is 12.5. The van der Waals surface area contributed by atoms with Crippen molar-refractivity contribution in [3.8, 4) is 12.3 Å². The van der Waals surface area contributed by atoms with E-state index in [1.54, 1.807) is 42.5 Å². The van der Waals surface area contributed by atoms with Crippen LogP contribution in [0, 0.1) is 19.3 Å². The minimum atomic E-state index is -0.452. The van der Waals surface area contributed by atoms with Crippen LogP contribution in [0.5, 0.6) is 0 Å². The number of fused-ring (bicyclic) bond motifs is 3. The molecule has 4 amide bonds. The van der Waals surface area contributed by atoms with E-state index in [1.165, 1.54) is 9.80 Å². The number of hydrogen-bond acceptors (Lipinski definition) is 4. The van der Waals surface area contributed by atoms with Crippen LogP contribution in [0.15, 0.2) is 78.9 Å². The van der Waals surface area contributed by atoms with Gasteiger partial charge in [0.2, 0.25) is 0 Å². The normalized spacial score (nSPS) is 19.9. The van der Waals surface area contributed by atoms with Crippen molar-refractivity contribution >= 4 is 35.0 Å². The van der Waals surface area contributed by atoms with Gasteiger partial charge in [-0.25, -0.2) is 9.80 Å². The Balaban J connectivity index is 1.25. The van der Waals surface area contributed by atoms with E-state index in [0.29, 0.717) is 39.2 Å². The van der Waals surface area contributed by atoms with Gasteiger partial charge < -0.3 is 0 Å². The van der Waals surface area contributed by atoms with Crippen molar-refractivity contribution in [2.24, 2.45) is 0 Å². The predicted octanol–water partition coefficient (Wildman–Crippen LogP) is 6.56. The Labute approximate surface area is 249 Å². The van der Waals surface area contributed by atoms with Crippen molar-refractivity contribution in [2.75, 3.05) is 9.80 Å². The molecule has 1 unspecified atom stereocenters. The molecule has 0 saturated carbocycles. The summed E-state index contributed by atoms with van der Waals surface area (Å²) in [6.07, 6.45) is 6.29. The van der Waals surface area contributed by atoms with Crippen molar-refractivity contribution in [3.63, 3.8) is 0 Å². The van der Waals surface area contributed by atoms with Gasteiger partial charge in [-0.1, -0.05) is 56.5 Å². The summed E-state index contributed by atoms with van der Waals surface area (Å²) in [5.41, 5.74) is 6.54. The topological polar surface area (TPSA) is 74.8 Å². The van der Waals surface area contributed by atoms with Crippen molar-refractivity contribution in [1.29, 1.82) is 0 Å². The Kier molecular flexibility index (Phi) is 5.48. The molecule has 210 valence electrons. The molecule has 4 aromatic carbocycles. The zero-order valence-corrected chi connectivity index (χ0v) is 24.3. The number of imide groups is 2. The first-order valence-corrected chi connectivity index (χ1v) is 14.2. The number of carbonyl (C=O) groups excluding carboxylic acids is 4. The van der Waals surface area contributed by atoms with Gasteiger partial charge in [0, 0.05) is 11.0 Å². The molecule has 7 rings (SSSR count). The van der Waals surface area contributed by atoms with Gasteiger partial charge in [-0.2, -0.15) is 0 Å². The Morgan fingerprint density at radius 3 is 1.84 bits per heavy atom. The molecule has 0 N–H and O–H groups in total. The first kappa shape index (κ1) is 26.6. The maximum atomic E-state index is 13.4. The molecule has 4 aromatic rings. The zero-order valence-electron chi connectivity index (χ0n) is 24.3. The lowest BCUT2D eigenvalue weighted by Crippen LogP contribution is -2.30. The lowest BCUT2D eigenvalue weighted by molar-refractivity contribution is 0.0910. The standard InChI is InChI=1S/C37H28N2O4/c1-6-22-8-15-27-29(18-22)35(43)38(32(27)40)24-11-9-23(10-12-24)37(5)20-36(3,4)30-16-13-25(19-31(30)37)39-33(41)26-14-7-21(2)17-28(26)34(39)42/h1,7-19H,20H2,2-5H3. The summed E-state index contributed by atoms with van der Waals surface area (Å²) in [5, 5.41) is 0. The van der Waals surface area contributed by atoms with Gasteiger partial charge in [-0.05, 0) is 90.0 Å². The third kappa shape index (κ3) is 3.68. The SMILES string of the molecule is C#Cc1ccc2c(c1)C(=O)N(c1ccc(C3(C)CC(C)(C)c4ccc(N5C(=O)c6ccc(C)cc6C5=O)cc43)cc1)C2=O. The lowest BCUT2D eigenvalue weighted by Gasteiger charge is -2.29. The molecule has 0 fully saturated rings. The molecule has 0 aromatic heterocycles. The largest absolute Gasteiger partial charge is 0.268 e. The maximum absolute atomic E-state index is 13.4. The predicted molar refractivity (Wildman–Crippen MR) is 165 cm³/mol. The van der Waals surface area contributed by atoms with Crippen molar-refractivity contribution in [3.05, 3.63) is 129 Å². The first-order valence-electron chi connectivity index (χ1n) is 14.2. The Morgan fingerprint density at radius 2 is 1.19 bits per heavy atom. The summed E-state index contributed by atoms with van der Waals surface area (Å²) >= 11 is 0. The van der Waals surface area contributed by atoms with E-state index in [1.807, 2.05) is 43.3 Å². The average Bonchev–Trinajstić information content (AvgIpc) is 3.48. The van der Waals surface area contributed by atoms with Crippen LogP contribution in [0.1, 0.15) is 96.4 Å². The minimum Gasteiger partial charge on any atom is -0.268 e. The average molecular weight is 565 g/mol. The lowest BCUT2D eigenvalue weighted by atomic mass is 9.75. The molecule has 2 heterocycles. The van der Waals surface area contributed by atoms with Crippen molar-refractivity contribution < 1.29 is 19.2 Å². The summed E-state index contributed by atoms with van der Waals surface area (Å²) < 4.78 is 0. The number of aryl methyl sites for hydroxylation is 1. The highest BCUT2D eigenvalue weighted by atomic mass is 16.2. The number of anilines is 2. The van der Waals surface area contributed by atoms with Gasteiger partial charge in [-0.15, -0.1) is 6.42 Å². The van der Waals surface area contributed by atoms with Crippen LogP contribution in [0.2, 0.25) is 0 Å². The maximum Gasteiger partial charge on any atom is 0.266 e. The zero-order chi connectivity index (χ0) is 30.4.